The lowest BCUT2D eigenvalue weighted by atomic mass is 10.1. The topological polar surface area (TPSA) is 94.1 Å². The van der Waals surface area contributed by atoms with Gasteiger partial charge in [0.15, 0.2) is 0 Å². The predicted octanol–water partition coefficient (Wildman–Crippen LogP) is 12.9. The van der Waals surface area contributed by atoms with Gasteiger partial charge in [-0.1, -0.05) is 159 Å². The van der Waals surface area contributed by atoms with Crippen LogP contribution in [-0.2, 0) is 27.9 Å². The summed E-state index contributed by atoms with van der Waals surface area (Å²) in [5.41, 5.74) is 0. The molecule has 0 aromatic rings. The Labute approximate surface area is 346 Å². The lowest BCUT2D eigenvalue weighted by molar-refractivity contribution is -0.870. The first-order valence-electron chi connectivity index (χ1n) is 22.9. The second-order valence-corrected chi connectivity index (χ2v) is 17.8. The molecular formula is C47H88NO7P. The Morgan fingerprint density at radius 3 is 1.57 bits per heavy atom. The van der Waals surface area contributed by atoms with Crippen LogP contribution in [0.3, 0.4) is 0 Å². The minimum atomic E-state index is -4.53. The molecule has 8 nitrogen and oxygen atoms in total. The summed E-state index contributed by atoms with van der Waals surface area (Å²) in [4.78, 5) is 25.1. The monoisotopic (exact) mass is 810 g/mol. The first-order valence-corrected chi connectivity index (χ1v) is 24.3. The molecule has 56 heavy (non-hydrogen) atoms. The smallest absolute Gasteiger partial charge is 0.306 e. The van der Waals surface area contributed by atoms with Gasteiger partial charge in [0.2, 0.25) is 0 Å². The van der Waals surface area contributed by atoms with E-state index in [0.717, 1.165) is 57.8 Å². The molecule has 0 aliphatic heterocycles. The van der Waals surface area contributed by atoms with Crippen molar-refractivity contribution >= 4 is 13.8 Å². The number of allylic oxidation sites excluding steroid dienone is 8. The largest absolute Gasteiger partial charge is 0.756 e. The maximum absolute atomic E-state index is 12.7. The van der Waals surface area contributed by atoms with Crippen molar-refractivity contribution in [2.75, 3.05) is 54.1 Å². The molecule has 0 saturated carbocycles. The number of carbonyl (C=O) groups is 1. The van der Waals surface area contributed by atoms with E-state index in [1.807, 2.05) is 21.1 Å². The summed E-state index contributed by atoms with van der Waals surface area (Å²) in [6.45, 7) is 5.28. The number of quaternary nitrogens is 1. The van der Waals surface area contributed by atoms with Crippen LogP contribution >= 0.6 is 7.82 Å². The lowest BCUT2D eigenvalue weighted by Gasteiger charge is -2.28. The van der Waals surface area contributed by atoms with Crippen molar-refractivity contribution in [3.63, 3.8) is 0 Å². The van der Waals surface area contributed by atoms with Gasteiger partial charge >= 0.3 is 5.97 Å². The molecule has 0 aliphatic rings. The van der Waals surface area contributed by atoms with E-state index in [0.29, 0.717) is 24.1 Å². The molecule has 0 spiro atoms. The van der Waals surface area contributed by atoms with Gasteiger partial charge in [0, 0.05) is 13.0 Å². The molecule has 0 aromatic heterocycles. The summed E-state index contributed by atoms with van der Waals surface area (Å²) in [6.07, 6.45) is 48.3. The average Bonchev–Trinajstić information content (AvgIpc) is 3.15. The predicted molar refractivity (Wildman–Crippen MR) is 236 cm³/mol. The van der Waals surface area contributed by atoms with Crippen LogP contribution in [0.1, 0.15) is 187 Å². The molecule has 0 aliphatic carbocycles. The van der Waals surface area contributed by atoms with Crippen molar-refractivity contribution in [1.82, 2.24) is 0 Å². The molecule has 0 saturated heterocycles. The summed E-state index contributed by atoms with van der Waals surface area (Å²) >= 11 is 0. The number of rotatable bonds is 42. The molecule has 2 unspecified atom stereocenters. The van der Waals surface area contributed by atoms with E-state index in [9.17, 15) is 14.3 Å². The highest BCUT2D eigenvalue weighted by Crippen LogP contribution is 2.38. The van der Waals surface area contributed by atoms with Gasteiger partial charge in [-0.05, 0) is 70.6 Å². The third kappa shape index (κ3) is 43.6. The SMILES string of the molecule is CC/C=C\C/C=C\C/C=C\CCCCCCCCCC(=O)OC(COCCCCCCCC/C=C\CCCCCCCCC)COP(=O)([O-])OCC[N+](C)(C)C. The van der Waals surface area contributed by atoms with Crippen LogP contribution < -0.4 is 4.89 Å². The van der Waals surface area contributed by atoms with Gasteiger partial charge in [-0.25, -0.2) is 0 Å². The summed E-state index contributed by atoms with van der Waals surface area (Å²) in [6, 6.07) is 0. The van der Waals surface area contributed by atoms with Crippen LogP contribution in [0.15, 0.2) is 48.6 Å². The maximum Gasteiger partial charge on any atom is 0.306 e. The molecule has 0 N–H and O–H groups in total. The average molecular weight is 810 g/mol. The molecule has 0 radical (unpaired) electrons. The van der Waals surface area contributed by atoms with E-state index in [-0.39, 0.29) is 25.8 Å². The van der Waals surface area contributed by atoms with Crippen molar-refractivity contribution < 1.29 is 37.3 Å². The molecule has 0 amide bonds. The molecular weight excluding hydrogens is 721 g/mol. The van der Waals surface area contributed by atoms with Crippen molar-refractivity contribution in [3.8, 4) is 0 Å². The molecule has 0 fully saturated rings. The number of phosphoric acid groups is 1. The highest BCUT2D eigenvalue weighted by Gasteiger charge is 2.20. The maximum atomic E-state index is 12.7. The summed E-state index contributed by atoms with van der Waals surface area (Å²) in [7, 11) is 1.34. The highest BCUT2D eigenvalue weighted by molar-refractivity contribution is 7.45. The Bertz CT molecular complexity index is 1040. The third-order valence-electron chi connectivity index (χ3n) is 9.61. The third-order valence-corrected chi connectivity index (χ3v) is 10.6. The second-order valence-electron chi connectivity index (χ2n) is 16.4. The minimum absolute atomic E-state index is 0.0216. The molecule has 0 bridgehead atoms. The van der Waals surface area contributed by atoms with Crippen LogP contribution in [0.25, 0.3) is 0 Å². The van der Waals surface area contributed by atoms with E-state index in [1.165, 1.54) is 109 Å². The van der Waals surface area contributed by atoms with Crippen LogP contribution in [0, 0.1) is 0 Å². The number of phosphoric ester groups is 1. The van der Waals surface area contributed by atoms with Gasteiger partial charge in [-0.2, -0.15) is 0 Å². The first kappa shape index (κ1) is 54.5. The van der Waals surface area contributed by atoms with E-state index in [2.05, 4.69) is 62.5 Å². The van der Waals surface area contributed by atoms with Crippen molar-refractivity contribution in [1.29, 1.82) is 0 Å². The van der Waals surface area contributed by atoms with Crippen molar-refractivity contribution in [2.24, 2.45) is 0 Å². The second kappa shape index (κ2) is 40.2. The highest BCUT2D eigenvalue weighted by atomic mass is 31.2. The lowest BCUT2D eigenvalue weighted by Crippen LogP contribution is -2.37. The molecule has 0 aromatic carbocycles. The van der Waals surface area contributed by atoms with E-state index >= 15 is 0 Å². The zero-order valence-corrected chi connectivity index (χ0v) is 38.0. The van der Waals surface area contributed by atoms with E-state index < -0.39 is 13.9 Å². The van der Waals surface area contributed by atoms with Crippen LogP contribution in [-0.4, -0.2) is 70.7 Å². The Balaban J connectivity index is 4.24. The van der Waals surface area contributed by atoms with Gasteiger partial charge in [0.05, 0.1) is 34.4 Å². The Kier molecular flexibility index (Phi) is 39.1. The number of nitrogens with zero attached hydrogens (tertiary/aromatic N) is 1. The number of unbranched alkanes of at least 4 members (excludes halogenated alkanes) is 20. The van der Waals surface area contributed by atoms with Crippen LogP contribution in [0.4, 0.5) is 0 Å². The summed E-state index contributed by atoms with van der Waals surface area (Å²) in [5.74, 6) is -0.347. The number of hydrogen-bond donors (Lipinski definition) is 0. The zero-order chi connectivity index (χ0) is 41.3. The fourth-order valence-electron chi connectivity index (χ4n) is 6.08. The number of ether oxygens (including phenoxy) is 2. The molecule has 328 valence electrons. The zero-order valence-electron chi connectivity index (χ0n) is 37.1. The Hall–Kier alpha value is -1.54. The number of carbonyl (C=O) groups excluding carboxylic acids is 1. The standard InChI is InChI=1S/C47H88NO7P/c1-6-8-10-12-14-16-18-20-22-24-26-28-30-32-34-36-38-40-47(49)55-46(45-54-56(50,51)53-43-41-48(3,4)5)44-52-42-39-37-35-33-31-29-27-25-23-21-19-17-15-13-11-9-7-2/h8,10,14,16,20,22-23,25,46H,6-7,9,11-13,15,17-19,21,24,26-45H2,1-5H3/b10-8-,16-14-,22-20-,25-23-. The van der Waals surface area contributed by atoms with Gasteiger partial charge < -0.3 is 27.9 Å². The fraction of sp³-hybridized carbons (Fsp3) is 0.809. The van der Waals surface area contributed by atoms with Crippen LogP contribution in [0.5, 0.6) is 0 Å². The number of esters is 1. The van der Waals surface area contributed by atoms with Gasteiger partial charge in [0.25, 0.3) is 7.82 Å². The molecule has 0 heterocycles. The van der Waals surface area contributed by atoms with Crippen molar-refractivity contribution in [3.05, 3.63) is 48.6 Å². The summed E-state index contributed by atoms with van der Waals surface area (Å²) in [5, 5.41) is 0. The Morgan fingerprint density at radius 2 is 1.04 bits per heavy atom. The van der Waals surface area contributed by atoms with Crippen molar-refractivity contribution in [2.45, 2.75) is 193 Å². The first-order chi connectivity index (χ1) is 27.1. The Morgan fingerprint density at radius 1 is 0.571 bits per heavy atom. The minimum Gasteiger partial charge on any atom is -0.756 e. The normalized spacial score (nSPS) is 14.2. The van der Waals surface area contributed by atoms with Gasteiger partial charge in [-0.15, -0.1) is 0 Å². The van der Waals surface area contributed by atoms with Crippen LogP contribution in [0.2, 0.25) is 0 Å². The van der Waals surface area contributed by atoms with Gasteiger partial charge in [-0.3, -0.25) is 9.36 Å². The quantitative estimate of drug-likeness (QED) is 0.0199. The summed E-state index contributed by atoms with van der Waals surface area (Å²) < 4.78 is 34.6. The molecule has 9 heteroatoms. The van der Waals surface area contributed by atoms with E-state index in [1.54, 1.807) is 0 Å². The molecule has 2 atom stereocenters. The number of likely N-dealkylation sites (N-methyl/N-ethyl adjacent to an activating group) is 1. The number of hydrogen-bond acceptors (Lipinski definition) is 7. The van der Waals surface area contributed by atoms with E-state index in [4.69, 9.17) is 18.5 Å². The molecule has 0 rings (SSSR count). The van der Waals surface area contributed by atoms with Gasteiger partial charge in [0.1, 0.15) is 19.3 Å². The fourth-order valence-corrected chi connectivity index (χ4v) is 6.81.